The Kier molecular flexibility index (Phi) is 11.4. The van der Waals surface area contributed by atoms with Crippen molar-refractivity contribution in [1.29, 1.82) is 0 Å². The van der Waals surface area contributed by atoms with Gasteiger partial charge in [0.1, 0.15) is 0 Å². The fraction of sp³-hybridized carbons (Fsp3) is 0.812. The largest absolute Gasteiger partial charge is 0.379 e. The molecule has 0 saturated carbocycles. The number of rotatable bonds is 1. The molecule has 2 aliphatic heterocycles. The number of hydrogen-bond donors (Lipinski definition) is 0. The Morgan fingerprint density at radius 3 is 2.25 bits per heavy atom. The van der Waals surface area contributed by atoms with Gasteiger partial charge in [-0.1, -0.05) is 27.4 Å². The molecule has 4 nitrogen and oxygen atoms in total. The molecule has 2 saturated heterocycles. The van der Waals surface area contributed by atoms with Crippen molar-refractivity contribution in [1.82, 2.24) is 9.80 Å². The third-order valence-electron chi connectivity index (χ3n) is 3.38. The highest BCUT2D eigenvalue weighted by molar-refractivity contribution is 5.87. The lowest BCUT2D eigenvalue weighted by Crippen LogP contribution is -2.37. The van der Waals surface area contributed by atoms with Gasteiger partial charge in [-0.2, -0.15) is 0 Å². The Bertz CT molecular complexity index is 263. The summed E-state index contributed by atoms with van der Waals surface area (Å²) < 4.78 is 5.10. The van der Waals surface area contributed by atoms with Crippen LogP contribution in [-0.2, 0) is 9.53 Å². The second-order valence-corrected chi connectivity index (χ2v) is 5.15. The van der Waals surface area contributed by atoms with Crippen LogP contribution < -0.4 is 0 Å². The highest BCUT2D eigenvalue weighted by Gasteiger charge is 2.18. The van der Waals surface area contributed by atoms with Crippen LogP contribution in [0.4, 0.5) is 0 Å². The van der Waals surface area contributed by atoms with Gasteiger partial charge in [0.15, 0.2) is 0 Å². The van der Waals surface area contributed by atoms with Crippen molar-refractivity contribution in [2.75, 3.05) is 46.4 Å². The quantitative estimate of drug-likeness (QED) is 0.693. The van der Waals surface area contributed by atoms with Crippen LogP contribution in [-0.4, -0.2) is 62.1 Å². The Labute approximate surface area is 124 Å². The number of amides is 1. The van der Waals surface area contributed by atoms with Crippen LogP contribution in [0.15, 0.2) is 12.7 Å². The van der Waals surface area contributed by atoms with Crippen LogP contribution >= 0.6 is 0 Å². The lowest BCUT2D eigenvalue weighted by molar-refractivity contribution is -0.127. The maximum atomic E-state index is 11.1. The number of ether oxygens (including phenoxy) is 1. The van der Waals surface area contributed by atoms with Crippen LogP contribution in [0.5, 0.6) is 0 Å². The van der Waals surface area contributed by atoms with Crippen LogP contribution in [0.1, 0.15) is 33.6 Å². The van der Waals surface area contributed by atoms with Crippen molar-refractivity contribution in [2.24, 2.45) is 5.92 Å². The van der Waals surface area contributed by atoms with Crippen LogP contribution in [0.2, 0.25) is 0 Å². The molecule has 0 aromatic rings. The van der Waals surface area contributed by atoms with Crippen molar-refractivity contribution in [3.8, 4) is 0 Å². The summed E-state index contributed by atoms with van der Waals surface area (Å²) in [6.07, 6.45) is 3.79. The first-order chi connectivity index (χ1) is 9.63. The molecular weight excluding hydrogens is 252 g/mol. The van der Waals surface area contributed by atoms with Gasteiger partial charge in [-0.3, -0.25) is 4.79 Å². The molecule has 118 valence electrons. The minimum atomic E-state index is 0.0801. The normalized spacial score (nSPS) is 22.8. The second kappa shape index (κ2) is 11.9. The summed E-state index contributed by atoms with van der Waals surface area (Å²) in [7, 11) is 2.11. The summed E-state index contributed by atoms with van der Waals surface area (Å²) in [5.41, 5.74) is 0. The van der Waals surface area contributed by atoms with E-state index in [0.717, 1.165) is 45.8 Å². The highest BCUT2D eigenvalue weighted by Crippen LogP contribution is 2.15. The van der Waals surface area contributed by atoms with E-state index in [4.69, 9.17) is 4.74 Å². The smallest absolute Gasteiger partial charge is 0.245 e. The summed E-state index contributed by atoms with van der Waals surface area (Å²) in [5, 5.41) is 0. The van der Waals surface area contributed by atoms with Gasteiger partial charge in [-0.05, 0) is 31.9 Å². The molecule has 2 heterocycles. The fourth-order valence-corrected chi connectivity index (χ4v) is 2.17. The number of morpholine rings is 1. The SMILES string of the molecule is C=CC(=O)N1CCCC(C)C1.CC.CN1CCOCC1. The van der Waals surface area contributed by atoms with Gasteiger partial charge in [0.2, 0.25) is 5.91 Å². The molecule has 0 radical (unpaired) electrons. The zero-order valence-electron chi connectivity index (χ0n) is 13.7. The van der Waals surface area contributed by atoms with Gasteiger partial charge < -0.3 is 14.5 Å². The lowest BCUT2D eigenvalue weighted by atomic mass is 10.0. The Morgan fingerprint density at radius 1 is 1.25 bits per heavy atom. The van der Waals surface area contributed by atoms with Gasteiger partial charge in [-0.25, -0.2) is 0 Å². The van der Waals surface area contributed by atoms with E-state index in [1.165, 1.54) is 12.5 Å². The topological polar surface area (TPSA) is 32.8 Å². The van der Waals surface area contributed by atoms with E-state index in [9.17, 15) is 4.79 Å². The summed E-state index contributed by atoms with van der Waals surface area (Å²) in [6.45, 7) is 15.5. The minimum absolute atomic E-state index is 0.0801. The third-order valence-corrected chi connectivity index (χ3v) is 3.38. The van der Waals surface area contributed by atoms with Crippen molar-refractivity contribution in [3.63, 3.8) is 0 Å². The van der Waals surface area contributed by atoms with E-state index in [-0.39, 0.29) is 5.91 Å². The number of likely N-dealkylation sites (N-methyl/N-ethyl adjacent to an activating group) is 1. The first kappa shape index (κ1) is 19.1. The maximum absolute atomic E-state index is 11.1. The van der Waals surface area contributed by atoms with E-state index in [1.54, 1.807) is 0 Å². The molecule has 0 N–H and O–H groups in total. The van der Waals surface area contributed by atoms with Crippen molar-refractivity contribution >= 4 is 5.91 Å². The predicted molar refractivity (Wildman–Crippen MR) is 84.8 cm³/mol. The van der Waals surface area contributed by atoms with E-state index < -0.39 is 0 Å². The Hall–Kier alpha value is -0.870. The average molecular weight is 284 g/mol. The zero-order valence-corrected chi connectivity index (χ0v) is 13.7. The molecule has 0 bridgehead atoms. The lowest BCUT2D eigenvalue weighted by Gasteiger charge is -2.29. The number of hydrogen-bond acceptors (Lipinski definition) is 3. The molecular formula is C16H32N2O2. The molecule has 1 atom stereocenters. The maximum Gasteiger partial charge on any atom is 0.245 e. The summed E-state index contributed by atoms with van der Waals surface area (Å²) >= 11 is 0. The zero-order chi connectivity index (χ0) is 15.4. The molecule has 0 aliphatic carbocycles. The molecule has 4 heteroatoms. The summed E-state index contributed by atoms with van der Waals surface area (Å²) in [5.74, 6) is 0.740. The molecule has 0 spiro atoms. The first-order valence-corrected chi connectivity index (χ1v) is 7.81. The van der Waals surface area contributed by atoms with E-state index >= 15 is 0 Å². The molecule has 20 heavy (non-hydrogen) atoms. The molecule has 2 fully saturated rings. The first-order valence-electron chi connectivity index (χ1n) is 7.81. The van der Waals surface area contributed by atoms with E-state index in [0.29, 0.717) is 5.92 Å². The highest BCUT2D eigenvalue weighted by atomic mass is 16.5. The molecule has 2 rings (SSSR count). The van der Waals surface area contributed by atoms with Gasteiger partial charge in [0.25, 0.3) is 0 Å². The monoisotopic (exact) mass is 284 g/mol. The standard InChI is InChI=1S/C9H15NO.C5H11NO.C2H6/c1-3-9(11)10-6-4-5-8(2)7-10;1-6-2-4-7-5-3-6;1-2/h3,8H,1,4-7H2,2H3;2-5H2,1H3;1-2H3. The van der Waals surface area contributed by atoms with Crippen LogP contribution in [0, 0.1) is 5.92 Å². The van der Waals surface area contributed by atoms with Crippen molar-refractivity contribution < 1.29 is 9.53 Å². The van der Waals surface area contributed by atoms with Gasteiger partial charge in [0.05, 0.1) is 13.2 Å². The number of carbonyl (C=O) groups excluding carboxylic acids is 1. The second-order valence-electron chi connectivity index (χ2n) is 5.15. The third kappa shape index (κ3) is 8.33. The fourth-order valence-electron chi connectivity index (χ4n) is 2.17. The van der Waals surface area contributed by atoms with E-state index in [2.05, 4.69) is 25.5 Å². The van der Waals surface area contributed by atoms with Crippen LogP contribution in [0.25, 0.3) is 0 Å². The van der Waals surface area contributed by atoms with Crippen molar-refractivity contribution in [3.05, 3.63) is 12.7 Å². The molecule has 1 amide bonds. The molecule has 2 aliphatic rings. The van der Waals surface area contributed by atoms with Gasteiger partial charge >= 0.3 is 0 Å². The Morgan fingerprint density at radius 2 is 1.85 bits per heavy atom. The molecule has 0 aromatic carbocycles. The Balaban J connectivity index is 0.000000345. The number of carbonyl (C=O) groups is 1. The van der Waals surface area contributed by atoms with E-state index in [1.807, 2.05) is 18.7 Å². The molecule has 0 aromatic heterocycles. The molecule has 1 unspecified atom stereocenters. The summed E-state index contributed by atoms with van der Waals surface area (Å²) in [4.78, 5) is 15.3. The number of likely N-dealkylation sites (tertiary alicyclic amines) is 1. The summed E-state index contributed by atoms with van der Waals surface area (Å²) in [6, 6.07) is 0. The van der Waals surface area contributed by atoms with Gasteiger partial charge in [0, 0.05) is 26.2 Å². The van der Waals surface area contributed by atoms with Crippen molar-refractivity contribution in [2.45, 2.75) is 33.6 Å². The number of nitrogens with zero attached hydrogens (tertiary/aromatic N) is 2. The van der Waals surface area contributed by atoms with Gasteiger partial charge in [-0.15, -0.1) is 0 Å². The average Bonchev–Trinajstić information content (AvgIpc) is 2.50. The van der Waals surface area contributed by atoms with Crippen LogP contribution in [0.3, 0.4) is 0 Å². The predicted octanol–water partition coefficient (Wildman–Crippen LogP) is 2.41. The minimum Gasteiger partial charge on any atom is -0.379 e. The number of piperidine rings is 1.